The summed E-state index contributed by atoms with van der Waals surface area (Å²) in [6.45, 7) is 0. The molecule has 0 saturated carbocycles. The van der Waals surface area contributed by atoms with E-state index in [0.717, 1.165) is 5.03 Å². The molecule has 2 heterocycles. The van der Waals surface area contributed by atoms with Gasteiger partial charge in [0.25, 0.3) is 0 Å². The second kappa shape index (κ2) is 7.17. The molecule has 0 bridgehead atoms. The number of imide groups is 3. The summed E-state index contributed by atoms with van der Waals surface area (Å²) in [5.74, 6) is -1.87. The van der Waals surface area contributed by atoms with Gasteiger partial charge in [0, 0.05) is 11.9 Å². The minimum Gasteiger partial charge on any atom is -0.610 e. The van der Waals surface area contributed by atoms with Crippen LogP contribution in [0.25, 0.3) is 0 Å². The third kappa shape index (κ3) is 3.70. The Kier molecular flexibility index (Phi) is 5.51. The van der Waals surface area contributed by atoms with Crippen LogP contribution in [0, 0.1) is 5.21 Å². The van der Waals surface area contributed by atoms with E-state index in [9.17, 15) is 19.6 Å². The molecule has 6 nitrogen and oxygen atoms in total. The van der Waals surface area contributed by atoms with Gasteiger partial charge in [-0.05, 0) is 29.3 Å². The maximum Gasteiger partial charge on any atom is 0.329 e. The predicted octanol–water partition coefficient (Wildman–Crippen LogP) is 2.29. The van der Waals surface area contributed by atoms with Crippen LogP contribution < -0.4 is 0 Å². The van der Waals surface area contributed by atoms with Crippen molar-refractivity contribution in [3.05, 3.63) is 29.6 Å². The first-order chi connectivity index (χ1) is 10.0. The smallest absolute Gasteiger partial charge is 0.329 e. The van der Waals surface area contributed by atoms with Gasteiger partial charge in [-0.2, -0.15) is 4.65 Å². The molecule has 1 aliphatic heterocycles. The predicted molar refractivity (Wildman–Crippen MR) is 79.7 cm³/mol. The molecule has 2 rings (SSSR count). The van der Waals surface area contributed by atoms with Crippen LogP contribution in [0.5, 0.6) is 0 Å². The molecule has 1 aromatic rings. The number of carbonyl (C=O) groups excluding carboxylic acids is 3. The van der Waals surface area contributed by atoms with Crippen molar-refractivity contribution in [2.24, 2.45) is 0 Å². The highest BCUT2D eigenvalue weighted by atomic mass is 33.1. The molecular formula is C13H14N2O4S2. The monoisotopic (exact) mass is 326 g/mol. The number of aromatic nitrogens is 1. The Hall–Kier alpha value is -1.22. The second-order valence-corrected chi connectivity index (χ2v) is 6.90. The average molecular weight is 326 g/mol. The van der Waals surface area contributed by atoms with Gasteiger partial charge < -0.3 is 5.21 Å². The van der Waals surface area contributed by atoms with Crippen LogP contribution in [0.2, 0.25) is 0 Å². The van der Waals surface area contributed by atoms with Gasteiger partial charge in [-0.15, -0.1) is 0 Å². The molecule has 1 aromatic heterocycles. The molecule has 1 fully saturated rings. The molecule has 0 aromatic carbocycles. The fraction of sp³-hybridized carbons (Fsp3) is 0.385. The first kappa shape index (κ1) is 16.2. The average Bonchev–Trinajstić information content (AvgIpc) is 2.76. The van der Waals surface area contributed by atoms with Crippen LogP contribution in [0.15, 0.2) is 29.4 Å². The lowest BCUT2D eigenvalue weighted by Gasteiger charge is -2.29. The van der Waals surface area contributed by atoms with E-state index in [-0.39, 0.29) is 19.3 Å². The summed E-state index contributed by atoms with van der Waals surface area (Å²) in [6, 6.07) is 5.59. The normalized spacial score (nSPS) is 17.2. The standard InChI is InChI=1S/C13H14N2O4S2/c16-11(15(19)12(17)6-7-13(15)18)5-3-9-20-21-10-4-1-2-8-14-10/h1-2,4,8H,3,5-7,9H2. The van der Waals surface area contributed by atoms with E-state index in [0.29, 0.717) is 12.2 Å². The van der Waals surface area contributed by atoms with Crippen LogP contribution in [0.4, 0.5) is 0 Å². The van der Waals surface area contributed by atoms with Crippen molar-refractivity contribution >= 4 is 39.3 Å². The maximum atomic E-state index is 12.0. The molecule has 3 amide bonds. The molecule has 0 unspecified atom stereocenters. The van der Waals surface area contributed by atoms with Gasteiger partial charge in [-0.25, -0.2) is 19.4 Å². The van der Waals surface area contributed by atoms with Crippen molar-refractivity contribution in [3.8, 4) is 0 Å². The zero-order valence-corrected chi connectivity index (χ0v) is 12.8. The Labute approximate surface area is 129 Å². The summed E-state index contributed by atoms with van der Waals surface area (Å²) in [6.07, 6.45) is 1.84. The molecule has 112 valence electrons. The number of quaternary nitrogens is 1. The van der Waals surface area contributed by atoms with Gasteiger partial charge in [0.05, 0.1) is 19.3 Å². The molecule has 0 aliphatic carbocycles. The van der Waals surface area contributed by atoms with E-state index >= 15 is 0 Å². The lowest BCUT2D eigenvalue weighted by Crippen LogP contribution is -2.51. The molecule has 8 heteroatoms. The van der Waals surface area contributed by atoms with E-state index < -0.39 is 22.4 Å². The SMILES string of the molecule is O=C(CCCSSc1ccccn1)[N+]1([O-])C(=O)CCC1=O. The lowest BCUT2D eigenvalue weighted by molar-refractivity contribution is -0.641. The topological polar surface area (TPSA) is 87.2 Å². The van der Waals surface area contributed by atoms with Crippen LogP contribution in [-0.4, -0.2) is 33.1 Å². The summed E-state index contributed by atoms with van der Waals surface area (Å²) < 4.78 is -1.89. The van der Waals surface area contributed by atoms with Crippen molar-refractivity contribution in [1.29, 1.82) is 0 Å². The van der Waals surface area contributed by atoms with Crippen LogP contribution in [0.1, 0.15) is 25.7 Å². The highest BCUT2D eigenvalue weighted by Crippen LogP contribution is 2.30. The van der Waals surface area contributed by atoms with E-state index in [1.807, 2.05) is 18.2 Å². The molecule has 0 radical (unpaired) electrons. The van der Waals surface area contributed by atoms with E-state index in [1.54, 1.807) is 6.20 Å². The van der Waals surface area contributed by atoms with Gasteiger partial charge >= 0.3 is 17.7 Å². The van der Waals surface area contributed by atoms with Crippen LogP contribution in [-0.2, 0) is 14.4 Å². The molecule has 0 atom stereocenters. The Balaban J connectivity index is 1.72. The summed E-state index contributed by atoms with van der Waals surface area (Å²) in [5, 5.41) is 12.9. The number of hydrogen-bond donors (Lipinski definition) is 0. The first-order valence-corrected chi connectivity index (χ1v) is 8.78. The van der Waals surface area contributed by atoms with Gasteiger partial charge in [0.2, 0.25) is 0 Å². The van der Waals surface area contributed by atoms with Crippen molar-refractivity contribution in [3.63, 3.8) is 0 Å². The zero-order chi connectivity index (χ0) is 15.3. The van der Waals surface area contributed by atoms with Gasteiger partial charge in [0.1, 0.15) is 5.03 Å². The summed E-state index contributed by atoms with van der Waals surface area (Å²) >= 11 is 0. The summed E-state index contributed by atoms with van der Waals surface area (Å²) in [7, 11) is 3.00. The number of nitrogens with zero attached hydrogens (tertiary/aromatic N) is 2. The van der Waals surface area contributed by atoms with Gasteiger partial charge in [0.15, 0.2) is 0 Å². The van der Waals surface area contributed by atoms with E-state index in [1.165, 1.54) is 21.6 Å². The first-order valence-electron chi connectivity index (χ1n) is 6.46. The minimum atomic E-state index is -1.89. The molecule has 1 saturated heterocycles. The largest absolute Gasteiger partial charge is 0.610 e. The summed E-state index contributed by atoms with van der Waals surface area (Å²) in [5.41, 5.74) is 0. The summed E-state index contributed by atoms with van der Waals surface area (Å²) in [4.78, 5) is 38.8. The third-order valence-electron chi connectivity index (χ3n) is 3.01. The molecule has 1 aliphatic rings. The number of amides is 3. The second-order valence-electron chi connectivity index (χ2n) is 4.47. The molecule has 21 heavy (non-hydrogen) atoms. The van der Waals surface area contributed by atoms with Crippen LogP contribution >= 0.6 is 21.6 Å². The van der Waals surface area contributed by atoms with Gasteiger partial charge in [-0.3, -0.25) is 0 Å². The molecule has 0 N–H and O–H groups in total. The fourth-order valence-corrected chi connectivity index (χ4v) is 3.85. The number of hydroxylamine groups is 3. The Morgan fingerprint density at radius 2 is 2.00 bits per heavy atom. The van der Waals surface area contributed by atoms with E-state index in [4.69, 9.17) is 0 Å². The minimum absolute atomic E-state index is 0.0588. The number of hydrogen-bond acceptors (Lipinski definition) is 7. The lowest BCUT2D eigenvalue weighted by atomic mass is 10.3. The Morgan fingerprint density at radius 3 is 2.62 bits per heavy atom. The molecule has 0 spiro atoms. The van der Waals surface area contributed by atoms with E-state index in [2.05, 4.69) is 4.98 Å². The fourth-order valence-electron chi connectivity index (χ4n) is 1.88. The van der Waals surface area contributed by atoms with Crippen molar-refractivity contribution in [2.75, 3.05) is 5.75 Å². The number of likely N-dealkylation sites (tertiary alicyclic amines) is 1. The highest BCUT2D eigenvalue weighted by molar-refractivity contribution is 8.76. The Bertz CT molecular complexity index is 534. The number of rotatable bonds is 6. The quantitative estimate of drug-likeness (QED) is 0.260. The Morgan fingerprint density at radius 1 is 1.29 bits per heavy atom. The molecular weight excluding hydrogens is 312 g/mol. The number of pyridine rings is 1. The van der Waals surface area contributed by atoms with Crippen molar-refractivity contribution in [2.45, 2.75) is 30.7 Å². The highest BCUT2D eigenvalue weighted by Gasteiger charge is 2.48. The van der Waals surface area contributed by atoms with Crippen molar-refractivity contribution in [1.82, 2.24) is 4.98 Å². The third-order valence-corrected chi connectivity index (χ3v) is 5.36. The van der Waals surface area contributed by atoms with Gasteiger partial charge in [-0.1, -0.05) is 16.9 Å². The van der Waals surface area contributed by atoms with Crippen LogP contribution in [0.3, 0.4) is 0 Å². The maximum absolute atomic E-state index is 12.0. The van der Waals surface area contributed by atoms with Crippen molar-refractivity contribution < 1.29 is 19.0 Å². The zero-order valence-electron chi connectivity index (χ0n) is 11.2. The number of carbonyl (C=O) groups is 3.